The summed E-state index contributed by atoms with van der Waals surface area (Å²) in [6.45, 7) is 1.93. The van der Waals surface area contributed by atoms with E-state index in [-0.39, 0.29) is 12.0 Å². The Bertz CT molecular complexity index is 162. The lowest BCUT2D eigenvalue weighted by atomic mass is 9.81. The summed E-state index contributed by atoms with van der Waals surface area (Å²) < 4.78 is 0. The van der Waals surface area contributed by atoms with Gasteiger partial charge >= 0.3 is 0 Å². The van der Waals surface area contributed by atoms with E-state index in [0.29, 0.717) is 5.92 Å². The van der Waals surface area contributed by atoms with Crippen LogP contribution in [0.3, 0.4) is 0 Å². The number of rotatable bonds is 2. The first-order chi connectivity index (χ1) is 5.75. The van der Waals surface area contributed by atoms with Crippen LogP contribution in [0.4, 0.5) is 0 Å². The largest absolute Gasteiger partial charge is 0.392 e. The van der Waals surface area contributed by atoms with Crippen LogP contribution in [-0.4, -0.2) is 11.2 Å². The van der Waals surface area contributed by atoms with Crippen molar-refractivity contribution in [3.63, 3.8) is 0 Å². The predicted octanol–water partition coefficient (Wildman–Crippen LogP) is 2.20. The van der Waals surface area contributed by atoms with Crippen molar-refractivity contribution >= 4 is 0 Å². The summed E-state index contributed by atoms with van der Waals surface area (Å²) in [5, 5.41) is 9.80. The summed E-state index contributed by atoms with van der Waals surface area (Å²) in [6, 6.07) is 0. The van der Waals surface area contributed by atoms with E-state index in [9.17, 15) is 5.11 Å². The average Bonchev–Trinajstić information content (AvgIpc) is 2.17. The molecule has 1 N–H and O–H groups in total. The van der Waals surface area contributed by atoms with Crippen molar-refractivity contribution in [1.82, 2.24) is 0 Å². The number of hydrogen-bond donors (Lipinski definition) is 1. The second-order valence-corrected chi connectivity index (χ2v) is 3.84. The maximum Gasteiger partial charge on any atom is 0.0702 e. The molecule has 0 aromatic carbocycles. The molecule has 0 spiro atoms. The molecule has 1 saturated carbocycles. The van der Waals surface area contributed by atoms with E-state index in [1.54, 1.807) is 0 Å². The quantitative estimate of drug-likeness (QED) is 0.623. The van der Waals surface area contributed by atoms with E-state index in [1.165, 1.54) is 19.3 Å². The van der Waals surface area contributed by atoms with Crippen LogP contribution >= 0.6 is 0 Å². The zero-order valence-electron chi connectivity index (χ0n) is 7.79. The molecule has 1 heteroatoms. The number of aliphatic hydroxyl groups excluding tert-OH is 1. The molecule has 0 aromatic rings. The van der Waals surface area contributed by atoms with Gasteiger partial charge in [0.15, 0.2) is 0 Å². The Labute approximate surface area is 75.2 Å². The van der Waals surface area contributed by atoms with Crippen molar-refractivity contribution in [2.45, 2.75) is 45.1 Å². The Morgan fingerprint density at radius 1 is 1.33 bits per heavy atom. The van der Waals surface area contributed by atoms with Crippen molar-refractivity contribution in [3.05, 3.63) is 0 Å². The molecule has 2 atom stereocenters. The topological polar surface area (TPSA) is 20.2 Å². The van der Waals surface area contributed by atoms with Gasteiger partial charge in [-0.05, 0) is 25.7 Å². The fourth-order valence-electron chi connectivity index (χ4n) is 1.98. The minimum absolute atomic E-state index is 0.0214. The number of hydrogen-bond acceptors (Lipinski definition) is 1. The van der Waals surface area contributed by atoms with Gasteiger partial charge in [0, 0.05) is 5.92 Å². The van der Waals surface area contributed by atoms with Gasteiger partial charge in [-0.2, -0.15) is 0 Å². The first-order valence-corrected chi connectivity index (χ1v) is 4.90. The van der Waals surface area contributed by atoms with E-state index < -0.39 is 0 Å². The number of aliphatic hydroxyl groups is 1. The molecule has 0 aliphatic heterocycles. The molecule has 2 unspecified atom stereocenters. The van der Waals surface area contributed by atoms with Gasteiger partial charge in [0.1, 0.15) is 0 Å². The van der Waals surface area contributed by atoms with Crippen LogP contribution in [0.25, 0.3) is 0 Å². The van der Waals surface area contributed by atoms with Crippen molar-refractivity contribution in [1.29, 1.82) is 0 Å². The maximum absolute atomic E-state index is 9.80. The SMILES string of the molecule is C#CC(C)C(O)C1CCCCC1. The standard InChI is InChI=1S/C11H18O/c1-3-9(2)11(12)10-7-5-4-6-8-10/h1,9-12H,4-8H2,2H3. The lowest BCUT2D eigenvalue weighted by molar-refractivity contribution is 0.0587. The van der Waals surface area contributed by atoms with E-state index >= 15 is 0 Å². The summed E-state index contributed by atoms with van der Waals surface area (Å²) >= 11 is 0. The molecule has 0 aromatic heterocycles. The third kappa shape index (κ3) is 2.25. The summed E-state index contributed by atoms with van der Waals surface area (Å²) in [5.41, 5.74) is 0. The second-order valence-electron chi connectivity index (χ2n) is 3.84. The van der Waals surface area contributed by atoms with Gasteiger partial charge < -0.3 is 5.11 Å². The highest BCUT2D eigenvalue weighted by Gasteiger charge is 2.24. The van der Waals surface area contributed by atoms with Crippen molar-refractivity contribution in [3.8, 4) is 12.3 Å². The van der Waals surface area contributed by atoms with Gasteiger partial charge in [0.25, 0.3) is 0 Å². The first kappa shape index (κ1) is 9.61. The van der Waals surface area contributed by atoms with Crippen LogP contribution in [0.5, 0.6) is 0 Å². The minimum atomic E-state index is -0.268. The zero-order chi connectivity index (χ0) is 8.97. The van der Waals surface area contributed by atoms with Crippen LogP contribution in [0, 0.1) is 24.2 Å². The summed E-state index contributed by atoms with van der Waals surface area (Å²) in [5.74, 6) is 3.10. The first-order valence-electron chi connectivity index (χ1n) is 4.90. The molecule has 0 amide bonds. The third-order valence-corrected chi connectivity index (χ3v) is 2.91. The van der Waals surface area contributed by atoms with Crippen molar-refractivity contribution in [2.75, 3.05) is 0 Å². The van der Waals surface area contributed by atoms with Gasteiger partial charge in [0.05, 0.1) is 6.10 Å². The molecular weight excluding hydrogens is 148 g/mol. The highest BCUT2D eigenvalue weighted by molar-refractivity contribution is 4.96. The summed E-state index contributed by atoms with van der Waals surface area (Å²) in [4.78, 5) is 0. The fourth-order valence-corrected chi connectivity index (χ4v) is 1.98. The van der Waals surface area contributed by atoms with Crippen LogP contribution in [0.1, 0.15) is 39.0 Å². The Hall–Kier alpha value is -0.480. The van der Waals surface area contributed by atoms with Gasteiger partial charge in [-0.15, -0.1) is 12.3 Å². The summed E-state index contributed by atoms with van der Waals surface area (Å²) in [7, 11) is 0. The van der Waals surface area contributed by atoms with Gasteiger partial charge in [-0.25, -0.2) is 0 Å². The lowest BCUT2D eigenvalue weighted by Crippen LogP contribution is -2.28. The minimum Gasteiger partial charge on any atom is -0.392 e. The molecule has 0 saturated heterocycles. The van der Waals surface area contributed by atoms with E-state index in [1.807, 2.05) is 6.92 Å². The summed E-state index contributed by atoms with van der Waals surface area (Å²) in [6.07, 6.45) is 11.2. The number of terminal acetylenes is 1. The second kappa shape index (κ2) is 4.52. The fraction of sp³-hybridized carbons (Fsp3) is 0.818. The molecule has 0 heterocycles. The van der Waals surface area contributed by atoms with E-state index in [2.05, 4.69) is 5.92 Å². The van der Waals surface area contributed by atoms with Crippen molar-refractivity contribution < 1.29 is 5.11 Å². The monoisotopic (exact) mass is 166 g/mol. The third-order valence-electron chi connectivity index (χ3n) is 2.91. The molecule has 1 rings (SSSR count). The van der Waals surface area contributed by atoms with Crippen LogP contribution < -0.4 is 0 Å². The Morgan fingerprint density at radius 3 is 2.42 bits per heavy atom. The maximum atomic E-state index is 9.80. The Kier molecular flexibility index (Phi) is 3.62. The van der Waals surface area contributed by atoms with E-state index in [4.69, 9.17) is 6.42 Å². The lowest BCUT2D eigenvalue weighted by Gasteiger charge is -2.28. The van der Waals surface area contributed by atoms with Gasteiger partial charge in [-0.3, -0.25) is 0 Å². The molecule has 1 aliphatic rings. The van der Waals surface area contributed by atoms with E-state index in [0.717, 1.165) is 12.8 Å². The molecule has 1 nitrogen and oxygen atoms in total. The Morgan fingerprint density at radius 2 is 1.92 bits per heavy atom. The Balaban J connectivity index is 2.40. The highest BCUT2D eigenvalue weighted by atomic mass is 16.3. The molecular formula is C11H18O. The molecule has 0 radical (unpaired) electrons. The molecule has 68 valence electrons. The average molecular weight is 166 g/mol. The highest BCUT2D eigenvalue weighted by Crippen LogP contribution is 2.29. The molecule has 12 heavy (non-hydrogen) atoms. The molecule has 1 fully saturated rings. The van der Waals surface area contributed by atoms with Crippen LogP contribution in [0.2, 0.25) is 0 Å². The molecule has 1 aliphatic carbocycles. The predicted molar refractivity (Wildman–Crippen MR) is 50.6 cm³/mol. The van der Waals surface area contributed by atoms with Gasteiger partial charge in [-0.1, -0.05) is 19.3 Å². The molecule has 0 bridgehead atoms. The van der Waals surface area contributed by atoms with Crippen molar-refractivity contribution in [2.24, 2.45) is 11.8 Å². The van der Waals surface area contributed by atoms with Gasteiger partial charge in [0.2, 0.25) is 0 Å². The normalized spacial score (nSPS) is 24.4. The smallest absolute Gasteiger partial charge is 0.0702 e. The van der Waals surface area contributed by atoms with Crippen LogP contribution in [0.15, 0.2) is 0 Å². The zero-order valence-corrected chi connectivity index (χ0v) is 7.79. The van der Waals surface area contributed by atoms with Crippen LogP contribution in [-0.2, 0) is 0 Å².